The maximum absolute atomic E-state index is 12.5. The highest BCUT2D eigenvalue weighted by atomic mass is 35.5. The predicted octanol–water partition coefficient (Wildman–Crippen LogP) is 2.17. The summed E-state index contributed by atoms with van der Waals surface area (Å²) in [5, 5.41) is 4.45. The first-order valence-corrected chi connectivity index (χ1v) is 9.14. The van der Waals surface area contributed by atoms with E-state index < -0.39 is 23.3 Å². The van der Waals surface area contributed by atoms with E-state index in [-0.39, 0.29) is 16.5 Å². The van der Waals surface area contributed by atoms with Crippen molar-refractivity contribution in [1.82, 2.24) is 9.66 Å². The molecule has 1 aromatic heterocycles. The quantitative estimate of drug-likeness (QED) is 0.473. The zero-order chi connectivity index (χ0) is 21.8. The first kappa shape index (κ1) is 21.1. The van der Waals surface area contributed by atoms with E-state index in [0.717, 1.165) is 0 Å². The number of carbonyl (C=O) groups is 1. The topological polar surface area (TPSA) is 112 Å². The number of aromatic nitrogens is 2. The number of para-hydroxylation sites is 1. The zero-order valence-electron chi connectivity index (χ0n) is 16.3. The monoisotopic (exact) mass is 431 g/mol. The normalized spacial score (nSPS) is 12.1. The minimum atomic E-state index is -0.907. The molecule has 0 amide bonds. The van der Waals surface area contributed by atoms with Crippen LogP contribution in [0.15, 0.2) is 51.1 Å². The summed E-state index contributed by atoms with van der Waals surface area (Å²) in [6.07, 6.45) is 0.378. The highest BCUT2D eigenvalue weighted by Crippen LogP contribution is 2.36. The van der Waals surface area contributed by atoms with Gasteiger partial charge in [0.15, 0.2) is 17.6 Å². The molecule has 0 fully saturated rings. The van der Waals surface area contributed by atoms with E-state index in [1.165, 1.54) is 39.5 Å². The van der Waals surface area contributed by atoms with Gasteiger partial charge in [-0.15, -0.1) is 4.68 Å². The van der Waals surface area contributed by atoms with E-state index >= 15 is 0 Å². The second kappa shape index (κ2) is 8.83. The van der Waals surface area contributed by atoms with E-state index in [4.69, 9.17) is 21.1 Å². The number of benzene rings is 2. The lowest BCUT2D eigenvalue weighted by molar-refractivity contribution is -0.147. The van der Waals surface area contributed by atoms with Crippen LogP contribution < -0.4 is 20.7 Å². The van der Waals surface area contributed by atoms with Crippen molar-refractivity contribution in [3.05, 3.63) is 67.8 Å². The molecule has 30 heavy (non-hydrogen) atoms. The van der Waals surface area contributed by atoms with Crippen LogP contribution in [0.5, 0.6) is 11.5 Å². The number of rotatable bonds is 6. The Morgan fingerprint density at radius 1 is 1.23 bits per heavy atom. The minimum absolute atomic E-state index is 0.145. The van der Waals surface area contributed by atoms with Crippen LogP contribution in [0.2, 0.25) is 5.02 Å². The molecule has 156 valence electrons. The fourth-order valence-corrected chi connectivity index (χ4v) is 2.97. The molecule has 9 nitrogen and oxygen atoms in total. The second-order valence-electron chi connectivity index (χ2n) is 6.15. The molecule has 0 aliphatic rings. The minimum Gasteiger partial charge on any atom is -0.493 e. The first-order valence-electron chi connectivity index (χ1n) is 8.76. The van der Waals surface area contributed by atoms with Gasteiger partial charge in [-0.1, -0.05) is 23.7 Å². The van der Waals surface area contributed by atoms with Crippen molar-refractivity contribution < 1.29 is 19.0 Å². The van der Waals surface area contributed by atoms with Gasteiger partial charge in [-0.2, -0.15) is 5.10 Å². The van der Waals surface area contributed by atoms with E-state index in [1.54, 1.807) is 24.3 Å². The van der Waals surface area contributed by atoms with Gasteiger partial charge in [-0.05, 0) is 36.8 Å². The summed E-state index contributed by atoms with van der Waals surface area (Å²) in [6, 6.07) is 9.65. The fourth-order valence-electron chi connectivity index (χ4n) is 2.70. The summed E-state index contributed by atoms with van der Waals surface area (Å²) in [5.41, 5.74) is -0.380. The molecule has 3 aromatic rings. The SMILES string of the molecule is COC(=O)[C@@H](C)Oc1c(Cl)cc(C=Nn2c(=O)[nH]c3ccccc3c2=O)cc1OC. The molecular weight excluding hydrogens is 414 g/mol. The molecule has 0 aliphatic carbocycles. The summed E-state index contributed by atoms with van der Waals surface area (Å²) in [7, 11) is 2.65. The molecule has 0 bridgehead atoms. The van der Waals surface area contributed by atoms with Gasteiger partial charge in [0.25, 0.3) is 5.56 Å². The predicted molar refractivity (Wildman–Crippen MR) is 112 cm³/mol. The molecule has 1 atom stereocenters. The number of esters is 1. The van der Waals surface area contributed by atoms with Gasteiger partial charge in [0, 0.05) is 0 Å². The molecular formula is C20H18ClN3O6. The average molecular weight is 432 g/mol. The molecule has 0 saturated carbocycles. The molecule has 1 heterocycles. The average Bonchev–Trinajstić information content (AvgIpc) is 2.74. The van der Waals surface area contributed by atoms with Crippen LogP contribution in [-0.4, -0.2) is 42.2 Å². The highest BCUT2D eigenvalue weighted by molar-refractivity contribution is 6.32. The maximum atomic E-state index is 12.5. The number of nitrogens with one attached hydrogen (secondary N) is 1. The van der Waals surface area contributed by atoms with Crippen molar-refractivity contribution in [2.75, 3.05) is 14.2 Å². The third-order valence-corrected chi connectivity index (χ3v) is 4.47. The lowest BCUT2D eigenvalue weighted by Crippen LogP contribution is -2.32. The lowest BCUT2D eigenvalue weighted by Gasteiger charge is -2.16. The number of methoxy groups -OCH3 is 2. The Morgan fingerprint density at radius 2 is 1.97 bits per heavy atom. The smallest absolute Gasteiger partial charge is 0.349 e. The number of aromatic amines is 1. The van der Waals surface area contributed by atoms with Crippen LogP contribution >= 0.6 is 11.6 Å². The number of halogens is 1. The standard InChI is InChI=1S/C20H18ClN3O6/c1-11(19(26)29-3)30-17-14(21)8-12(9-16(17)28-2)10-22-24-18(25)13-6-4-5-7-15(13)23-20(24)27/h4-11H,1-3H3,(H,23,27)/t11-/m1/s1. The Balaban J connectivity index is 1.98. The molecule has 2 aromatic carbocycles. The summed E-state index contributed by atoms with van der Waals surface area (Å²) in [4.78, 5) is 38.9. The highest BCUT2D eigenvalue weighted by Gasteiger charge is 2.20. The van der Waals surface area contributed by atoms with Crippen LogP contribution in [0.1, 0.15) is 12.5 Å². The van der Waals surface area contributed by atoms with Crippen molar-refractivity contribution in [3.8, 4) is 11.5 Å². The van der Waals surface area contributed by atoms with Crippen molar-refractivity contribution in [1.29, 1.82) is 0 Å². The van der Waals surface area contributed by atoms with Crippen molar-refractivity contribution in [2.45, 2.75) is 13.0 Å². The van der Waals surface area contributed by atoms with Crippen LogP contribution in [0.25, 0.3) is 10.9 Å². The van der Waals surface area contributed by atoms with Crippen molar-refractivity contribution >= 4 is 34.7 Å². The number of fused-ring (bicyclic) bond motifs is 1. The molecule has 3 rings (SSSR count). The van der Waals surface area contributed by atoms with Crippen LogP contribution in [0, 0.1) is 0 Å². The van der Waals surface area contributed by atoms with E-state index in [2.05, 4.69) is 14.8 Å². The Hall–Kier alpha value is -3.59. The zero-order valence-corrected chi connectivity index (χ0v) is 17.1. The third kappa shape index (κ3) is 4.20. The summed E-state index contributed by atoms with van der Waals surface area (Å²) < 4.78 is 16.2. The van der Waals surface area contributed by atoms with Gasteiger partial charge >= 0.3 is 11.7 Å². The van der Waals surface area contributed by atoms with E-state index in [0.29, 0.717) is 21.1 Å². The number of hydrogen-bond donors (Lipinski definition) is 1. The second-order valence-corrected chi connectivity index (χ2v) is 6.56. The summed E-state index contributed by atoms with van der Waals surface area (Å²) >= 11 is 6.27. The van der Waals surface area contributed by atoms with Crippen molar-refractivity contribution in [3.63, 3.8) is 0 Å². The summed E-state index contributed by atoms with van der Waals surface area (Å²) in [6.45, 7) is 1.51. The molecule has 1 N–H and O–H groups in total. The van der Waals surface area contributed by atoms with Crippen molar-refractivity contribution in [2.24, 2.45) is 5.10 Å². The van der Waals surface area contributed by atoms with E-state index in [9.17, 15) is 14.4 Å². The molecule has 0 saturated heterocycles. The lowest BCUT2D eigenvalue weighted by atomic mass is 10.2. The Labute approximate surface area is 175 Å². The van der Waals surface area contributed by atoms with Crippen LogP contribution in [0.3, 0.4) is 0 Å². The first-order chi connectivity index (χ1) is 14.3. The van der Waals surface area contributed by atoms with Gasteiger partial charge in [0.1, 0.15) is 0 Å². The Kier molecular flexibility index (Phi) is 6.22. The maximum Gasteiger partial charge on any atom is 0.349 e. The van der Waals surface area contributed by atoms with Gasteiger partial charge < -0.3 is 19.2 Å². The number of hydrogen-bond acceptors (Lipinski definition) is 7. The number of H-pyrrole nitrogens is 1. The number of nitrogens with zero attached hydrogens (tertiary/aromatic N) is 2. The number of carbonyl (C=O) groups excluding carboxylic acids is 1. The molecule has 10 heteroatoms. The van der Waals surface area contributed by atoms with Gasteiger partial charge in [-0.25, -0.2) is 9.59 Å². The van der Waals surface area contributed by atoms with Gasteiger partial charge in [0.2, 0.25) is 0 Å². The molecule has 0 unspecified atom stereocenters. The third-order valence-electron chi connectivity index (χ3n) is 4.19. The fraction of sp³-hybridized carbons (Fsp3) is 0.200. The van der Waals surface area contributed by atoms with E-state index in [1.807, 2.05) is 0 Å². The molecule has 0 aliphatic heterocycles. The largest absolute Gasteiger partial charge is 0.493 e. The molecule has 0 spiro atoms. The Bertz CT molecular complexity index is 1250. The van der Waals surface area contributed by atoms with Gasteiger partial charge in [-0.3, -0.25) is 4.79 Å². The number of ether oxygens (including phenoxy) is 3. The summed E-state index contributed by atoms with van der Waals surface area (Å²) in [5.74, 6) is -0.192. The molecule has 0 radical (unpaired) electrons. The van der Waals surface area contributed by atoms with Crippen LogP contribution in [-0.2, 0) is 9.53 Å². The van der Waals surface area contributed by atoms with Gasteiger partial charge in [0.05, 0.1) is 36.4 Å². The Morgan fingerprint density at radius 3 is 2.67 bits per heavy atom. The van der Waals surface area contributed by atoms with Crippen LogP contribution in [0.4, 0.5) is 0 Å².